The zero-order valence-corrected chi connectivity index (χ0v) is 13.2. The highest BCUT2D eigenvalue weighted by molar-refractivity contribution is 9.11. The lowest BCUT2D eigenvalue weighted by atomic mass is 10.1. The molecule has 1 unspecified atom stereocenters. The summed E-state index contributed by atoms with van der Waals surface area (Å²) in [4.78, 5) is 25.3. The third kappa shape index (κ3) is 5.63. The minimum Gasteiger partial charge on any atom is -0.444 e. The Morgan fingerprint density at radius 1 is 1.47 bits per heavy atom. The van der Waals surface area contributed by atoms with Crippen LogP contribution in [0.5, 0.6) is 0 Å². The Morgan fingerprint density at radius 2 is 2.11 bits per heavy atom. The van der Waals surface area contributed by atoms with Crippen LogP contribution in [0.15, 0.2) is 11.1 Å². The molecule has 1 saturated heterocycles. The molecule has 6 heteroatoms. The van der Waals surface area contributed by atoms with Gasteiger partial charge in [-0.25, -0.2) is 4.79 Å². The fraction of sp³-hybridized carbons (Fsp3) is 0.692. The van der Waals surface area contributed by atoms with E-state index in [0.717, 1.165) is 4.48 Å². The van der Waals surface area contributed by atoms with Crippen LogP contribution < -0.4 is 5.32 Å². The second kappa shape index (κ2) is 6.41. The molecule has 5 nitrogen and oxygen atoms in total. The number of ether oxygens (including phenoxy) is 1. The van der Waals surface area contributed by atoms with E-state index in [1.165, 1.54) is 0 Å². The zero-order valence-electron chi connectivity index (χ0n) is 11.7. The van der Waals surface area contributed by atoms with Gasteiger partial charge in [-0.2, -0.15) is 0 Å². The van der Waals surface area contributed by atoms with Gasteiger partial charge in [0.2, 0.25) is 5.91 Å². The standard InChI is InChI=1S/C13H21BrN2O3/c1-9(14)7-15-11(17)10-5-6-16(8-10)12(18)19-13(2,3)4/h10H,1,5-8H2,2-4H3,(H,15,17). The van der Waals surface area contributed by atoms with E-state index in [1.807, 2.05) is 20.8 Å². The quantitative estimate of drug-likeness (QED) is 0.862. The number of carbonyl (C=O) groups excluding carboxylic acids is 2. The van der Waals surface area contributed by atoms with Gasteiger partial charge < -0.3 is 15.0 Å². The zero-order chi connectivity index (χ0) is 14.6. The van der Waals surface area contributed by atoms with Crippen molar-refractivity contribution in [2.75, 3.05) is 19.6 Å². The van der Waals surface area contributed by atoms with Crippen LogP contribution in [-0.4, -0.2) is 42.1 Å². The SMILES string of the molecule is C=C(Br)CNC(=O)C1CCN(C(=O)OC(C)(C)C)C1. The summed E-state index contributed by atoms with van der Waals surface area (Å²) in [6.45, 7) is 10.5. The maximum absolute atomic E-state index is 11.9. The first-order valence-corrected chi connectivity index (χ1v) is 7.07. The predicted molar refractivity (Wildman–Crippen MR) is 77.0 cm³/mol. The van der Waals surface area contributed by atoms with Crippen molar-refractivity contribution >= 4 is 27.9 Å². The number of hydrogen-bond donors (Lipinski definition) is 1. The molecular formula is C13H21BrN2O3. The van der Waals surface area contributed by atoms with Crippen LogP contribution in [0.2, 0.25) is 0 Å². The Morgan fingerprint density at radius 3 is 2.63 bits per heavy atom. The third-order valence-corrected chi connectivity index (χ3v) is 2.95. The monoisotopic (exact) mass is 332 g/mol. The van der Waals surface area contributed by atoms with Crippen molar-refractivity contribution < 1.29 is 14.3 Å². The van der Waals surface area contributed by atoms with Gasteiger partial charge in [0.1, 0.15) is 5.60 Å². The maximum atomic E-state index is 11.9. The van der Waals surface area contributed by atoms with E-state index < -0.39 is 5.60 Å². The molecule has 0 aromatic rings. The van der Waals surface area contributed by atoms with E-state index in [4.69, 9.17) is 4.74 Å². The summed E-state index contributed by atoms with van der Waals surface area (Å²) in [5.74, 6) is -0.217. The summed E-state index contributed by atoms with van der Waals surface area (Å²) in [6.07, 6.45) is 0.313. The molecule has 1 atom stereocenters. The summed E-state index contributed by atoms with van der Waals surface area (Å²) in [6, 6.07) is 0. The van der Waals surface area contributed by atoms with Gasteiger partial charge in [0, 0.05) is 24.1 Å². The number of rotatable bonds is 3. The highest BCUT2D eigenvalue weighted by Crippen LogP contribution is 2.19. The summed E-state index contributed by atoms with van der Waals surface area (Å²) in [5.41, 5.74) is -0.509. The predicted octanol–water partition coefficient (Wildman–Crippen LogP) is 2.27. The van der Waals surface area contributed by atoms with Crippen LogP contribution in [0.25, 0.3) is 0 Å². The smallest absolute Gasteiger partial charge is 0.410 e. The van der Waals surface area contributed by atoms with Crippen LogP contribution in [0.4, 0.5) is 4.79 Å². The van der Waals surface area contributed by atoms with Crippen LogP contribution in [0, 0.1) is 5.92 Å². The average molecular weight is 333 g/mol. The Kier molecular flexibility index (Phi) is 5.40. The first-order chi connectivity index (χ1) is 8.69. The molecule has 1 aliphatic heterocycles. The topological polar surface area (TPSA) is 58.6 Å². The second-order valence-corrected chi connectivity index (χ2v) is 6.77. The maximum Gasteiger partial charge on any atom is 0.410 e. The van der Waals surface area contributed by atoms with Crippen LogP contribution in [0.1, 0.15) is 27.2 Å². The van der Waals surface area contributed by atoms with E-state index in [1.54, 1.807) is 4.90 Å². The summed E-state index contributed by atoms with van der Waals surface area (Å²) in [5, 5.41) is 2.77. The average Bonchev–Trinajstić information content (AvgIpc) is 2.72. The molecule has 1 aliphatic rings. The molecular weight excluding hydrogens is 312 g/mol. The van der Waals surface area contributed by atoms with Gasteiger partial charge in [-0.3, -0.25) is 4.79 Å². The molecule has 1 heterocycles. The van der Waals surface area contributed by atoms with Crippen molar-refractivity contribution in [1.82, 2.24) is 10.2 Å². The van der Waals surface area contributed by atoms with E-state index in [9.17, 15) is 9.59 Å². The minimum atomic E-state index is -0.509. The van der Waals surface area contributed by atoms with Crippen molar-refractivity contribution in [3.63, 3.8) is 0 Å². The molecule has 1 rings (SSSR count). The largest absolute Gasteiger partial charge is 0.444 e. The van der Waals surface area contributed by atoms with Crippen molar-refractivity contribution in [3.05, 3.63) is 11.1 Å². The lowest BCUT2D eigenvalue weighted by Gasteiger charge is -2.24. The molecule has 0 bridgehead atoms. The fourth-order valence-electron chi connectivity index (χ4n) is 1.79. The molecule has 0 aromatic heterocycles. The van der Waals surface area contributed by atoms with E-state index in [-0.39, 0.29) is 17.9 Å². The van der Waals surface area contributed by atoms with Gasteiger partial charge in [0.25, 0.3) is 0 Å². The molecule has 0 aliphatic carbocycles. The molecule has 0 radical (unpaired) electrons. The van der Waals surface area contributed by atoms with Gasteiger partial charge in [0.05, 0.1) is 5.92 Å². The highest BCUT2D eigenvalue weighted by atomic mass is 79.9. The molecule has 19 heavy (non-hydrogen) atoms. The van der Waals surface area contributed by atoms with Gasteiger partial charge in [-0.1, -0.05) is 22.5 Å². The lowest BCUT2D eigenvalue weighted by molar-refractivity contribution is -0.124. The summed E-state index contributed by atoms with van der Waals surface area (Å²) >= 11 is 3.19. The van der Waals surface area contributed by atoms with E-state index in [0.29, 0.717) is 26.1 Å². The number of amides is 2. The molecule has 0 aromatic carbocycles. The van der Waals surface area contributed by atoms with Crippen molar-refractivity contribution in [2.45, 2.75) is 32.8 Å². The molecule has 108 valence electrons. The summed E-state index contributed by atoms with van der Waals surface area (Å²) < 4.78 is 6.01. The van der Waals surface area contributed by atoms with Crippen molar-refractivity contribution in [2.24, 2.45) is 5.92 Å². The number of halogens is 1. The normalized spacial score (nSPS) is 19.2. The van der Waals surface area contributed by atoms with Crippen molar-refractivity contribution in [1.29, 1.82) is 0 Å². The number of likely N-dealkylation sites (tertiary alicyclic amines) is 1. The Bertz CT molecular complexity index is 377. The number of carbonyl (C=O) groups is 2. The minimum absolute atomic E-state index is 0.0494. The Balaban J connectivity index is 2.43. The molecule has 0 spiro atoms. The molecule has 0 saturated carbocycles. The number of nitrogens with zero attached hydrogens (tertiary/aromatic N) is 1. The first-order valence-electron chi connectivity index (χ1n) is 6.28. The van der Waals surface area contributed by atoms with Crippen LogP contribution in [0.3, 0.4) is 0 Å². The Labute approximate surface area is 122 Å². The van der Waals surface area contributed by atoms with Crippen LogP contribution in [-0.2, 0) is 9.53 Å². The van der Waals surface area contributed by atoms with Gasteiger partial charge in [-0.15, -0.1) is 0 Å². The van der Waals surface area contributed by atoms with Gasteiger partial charge in [0.15, 0.2) is 0 Å². The van der Waals surface area contributed by atoms with Crippen LogP contribution >= 0.6 is 15.9 Å². The Hall–Kier alpha value is -1.04. The third-order valence-electron chi connectivity index (χ3n) is 2.67. The van der Waals surface area contributed by atoms with E-state index in [2.05, 4.69) is 27.8 Å². The van der Waals surface area contributed by atoms with E-state index >= 15 is 0 Å². The fourth-order valence-corrected chi connectivity index (χ4v) is 1.93. The van der Waals surface area contributed by atoms with Gasteiger partial charge >= 0.3 is 6.09 Å². The molecule has 2 amide bonds. The molecule has 1 N–H and O–H groups in total. The lowest BCUT2D eigenvalue weighted by Crippen LogP contribution is -2.37. The summed E-state index contributed by atoms with van der Waals surface area (Å²) in [7, 11) is 0. The van der Waals surface area contributed by atoms with Gasteiger partial charge in [-0.05, 0) is 27.2 Å². The van der Waals surface area contributed by atoms with Crippen molar-refractivity contribution in [3.8, 4) is 0 Å². The second-order valence-electron chi connectivity index (χ2n) is 5.65. The highest BCUT2D eigenvalue weighted by Gasteiger charge is 2.33. The molecule has 1 fully saturated rings. The first kappa shape index (κ1) is 16.0. The number of nitrogens with one attached hydrogen (secondary N) is 1. The number of hydrogen-bond acceptors (Lipinski definition) is 3.